The molecule has 2 aromatic carbocycles. The molecule has 0 atom stereocenters. The van der Waals surface area contributed by atoms with Crippen LogP contribution in [0.15, 0.2) is 40.9 Å². The molecule has 0 aliphatic heterocycles. The molecule has 0 heterocycles. The van der Waals surface area contributed by atoms with Gasteiger partial charge in [-0.2, -0.15) is 0 Å². The Morgan fingerprint density at radius 1 is 1.06 bits per heavy atom. The molecule has 0 unspecified atom stereocenters. The zero-order chi connectivity index (χ0) is 12.4. The Morgan fingerprint density at radius 3 is 2.29 bits per heavy atom. The van der Waals surface area contributed by atoms with Crippen molar-refractivity contribution in [2.24, 2.45) is 0 Å². The summed E-state index contributed by atoms with van der Waals surface area (Å²) in [4.78, 5) is 0. The van der Waals surface area contributed by atoms with Gasteiger partial charge >= 0.3 is 0 Å². The van der Waals surface area contributed by atoms with E-state index < -0.39 is 11.6 Å². The minimum absolute atomic E-state index is 0.0490. The Kier molecular flexibility index (Phi) is 3.43. The SMILES string of the molecule is COc1cccc(-c2c(F)cc(Br)cc2F)c1. The van der Waals surface area contributed by atoms with E-state index in [9.17, 15) is 8.78 Å². The molecule has 0 saturated heterocycles. The second kappa shape index (κ2) is 4.84. The lowest BCUT2D eigenvalue weighted by atomic mass is 10.0. The molecule has 17 heavy (non-hydrogen) atoms. The Balaban J connectivity index is 2.60. The van der Waals surface area contributed by atoms with Gasteiger partial charge in [-0.15, -0.1) is 0 Å². The van der Waals surface area contributed by atoms with Crippen LogP contribution in [-0.2, 0) is 0 Å². The molecular weight excluding hydrogens is 290 g/mol. The summed E-state index contributed by atoms with van der Waals surface area (Å²) < 4.78 is 32.8. The Morgan fingerprint density at radius 2 is 1.71 bits per heavy atom. The standard InChI is InChI=1S/C13H9BrF2O/c1-17-10-4-2-3-8(5-10)13-11(15)6-9(14)7-12(13)16/h2-7H,1H3. The number of hydrogen-bond acceptors (Lipinski definition) is 1. The highest BCUT2D eigenvalue weighted by atomic mass is 79.9. The number of methoxy groups -OCH3 is 1. The van der Waals surface area contributed by atoms with Crippen LogP contribution < -0.4 is 4.74 Å². The predicted molar refractivity (Wildman–Crippen MR) is 66.0 cm³/mol. The summed E-state index contributed by atoms with van der Waals surface area (Å²) in [5, 5.41) is 0. The Bertz CT molecular complexity index is 532. The first kappa shape index (κ1) is 12.0. The van der Waals surface area contributed by atoms with Crippen LogP contribution in [-0.4, -0.2) is 7.11 Å². The molecule has 0 N–H and O–H groups in total. The number of benzene rings is 2. The molecule has 0 amide bonds. The van der Waals surface area contributed by atoms with Gasteiger partial charge in [0, 0.05) is 4.47 Å². The van der Waals surface area contributed by atoms with E-state index in [1.54, 1.807) is 24.3 Å². The van der Waals surface area contributed by atoms with Crippen molar-refractivity contribution in [3.05, 3.63) is 52.5 Å². The van der Waals surface area contributed by atoms with Gasteiger partial charge < -0.3 is 4.74 Å². The highest BCUT2D eigenvalue weighted by Crippen LogP contribution is 2.30. The van der Waals surface area contributed by atoms with Gasteiger partial charge in [0.1, 0.15) is 17.4 Å². The van der Waals surface area contributed by atoms with Crippen LogP contribution in [0.1, 0.15) is 0 Å². The van der Waals surface area contributed by atoms with Gasteiger partial charge in [-0.3, -0.25) is 0 Å². The molecule has 4 heteroatoms. The average molecular weight is 299 g/mol. The van der Waals surface area contributed by atoms with E-state index in [4.69, 9.17) is 4.74 Å². The van der Waals surface area contributed by atoms with E-state index in [1.807, 2.05) is 0 Å². The molecule has 0 bridgehead atoms. The Labute approximate surface area is 106 Å². The lowest BCUT2D eigenvalue weighted by Gasteiger charge is -2.07. The fourth-order valence-corrected chi connectivity index (χ4v) is 2.00. The molecule has 0 fully saturated rings. The highest BCUT2D eigenvalue weighted by Gasteiger charge is 2.13. The van der Waals surface area contributed by atoms with Crippen molar-refractivity contribution in [1.82, 2.24) is 0 Å². The van der Waals surface area contributed by atoms with Crippen molar-refractivity contribution in [3.8, 4) is 16.9 Å². The van der Waals surface area contributed by atoms with Crippen LogP contribution >= 0.6 is 15.9 Å². The van der Waals surface area contributed by atoms with Crippen molar-refractivity contribution >= 4 is 15.9 Å². The molecule has 0 spiro atoms. The third-order valence-corrected chi connectivity index (χ3v) is 2.82. The summed E-state index contributed by atoms with van der Waals surface area (Å²) in [6, 6.07) is 9.11. The van der Waals surface area contributed by atoms with Gasteiger partial charge in [0.25, 0.3) is 0 Å². The number of hydrogen-bond donors (Lipinski definition) is 0. The van der Waals surface area contributed by atoms with E-state index in [0.29, 0.717) is 15.8 Å². The van der Waals surface area contributed by atoms with Crippen LogP contribution in [0.25, 0.3) is 11.1 Å². The van der Waals surface area contributed by atoms with Gasteiger partial charge in [0.15, 0.2) is 0 Å². The fraction of sp³-hybridized carbons (Fsp3) is 0.0769. The number of ether oxygens (including phenoxy) is 1. The van der Waals surface area contributed by atoms with Crippen molar-refractivity contribution in [1.29, 1.82) is 0 Å². The second-order valence-electron chi connectivity index (χ2n) is 3.48. The normalized spacial score (nSPS) is 10.4. The van der Waals surface area contributed by atoms with Gasteiger partial charge in [-0.05, 0) is 29.8 Å². The molecule has 0 radical (unpaired) electrons. The topological polar surface area (TPSA) is 9.23 Å². The monoisotopic (exact) mass is 298 g/mol. The van der Waals surface area contributed by atoms with Gasteiger partial charge in [-0.1, -0.05) is 28.1 Å². The van der Waals surface area contributed by atoms with Crippen molar-refractivity contribution in [2.45, 2.75) is 0 Å². The fourth-order valence-electron chi connectivity index (χ4n) is 1.60. The van der Waals surface area contributed by atoms with Gasteiger partial charge in [-0.25, -0.2) is 8.78 Å². The minimum Gasteiger partial charge on any atom is -0.497 e. The zero-order valence-electron chi connectivity index (χ0n) is 9.01. The lowest BCUT2D eigenvalue weighted by molar-refractivity contribution is 0.415. The largest absolute Gasteiger partial charge is 0.497 e. The molecule has 0 aromatic heterocycles. The molecule has 0 aliphatic rings. The maximum Gasteiger partial charge on any atom is 0.135 e. The quantitative estimate of drug-likeness (QED) is 0.798. The number of rotatable bonds is 2. The van der Waals surface area contributed by atoms with Crippen molar-refractivity contribution in [2.75, 3.05) is 7.11 Å². The zero-order valence-corrected chi connectivity index (χ0v) is 10.6. The molecule has 1 nitrogen and oxygen atoms in total. The van der Waals surface area contributed by atoms with Gasteiger partial charge in [0.05, 0.1) is 12.7 Å². The van der Waals surface area contributed by atoms with Crippen molar-refractivity contribution in [3.63, 3.8) is 0 Å². The van der Waals surface area contributed by atoms with E-state index >= 15 is 0 Å². The second-order valence-corrected chi connectivity index (χ2v) is 4.39. The molecular formula is C13H9BrF2O. The summed E-state index contributed by atoms with van der Waals surface area (Å²) in [7, 11) is 1.51. The molecule has 2 rings (SSSR count). The van der Waals surface area contributed by atoms with E-state index in [-0.39, 0.29) is 5.56 Å². The van der Waals surface area contributed by atoms with Crippen LogP contribution in [0.3, 0.4) is 0 Å². The third kappa shape index (κ3) is 2.47. The molecule has 0 aliphatic carbocycles. The van der Waals surface area contributed by atoms with Crippen LogP contribution in [0, 0.1) is 11.6 Å². The van der Waals surface area contributed by atoms with Crippen LogP contribution in [0.2, 0.25) is 0 Å². The summed E-state index contributed by atoms with van der Waals surface area (Å²) in [5.74, 6) is -0.653. The van der Waals surface area contributed by atoms with Gasteiger partial charge in [0.2, 0.25) is 0 Å². The first-order valence-corrected chi connectivity index (χ1v) is 5.70. The summed E-state index contributed by atoms with van der Waals surface area (Å²) in [6.07, 6.45) is 0. The smallest absolute Gasteiger partial charge is 0.135 e. The minimum atomic E-state index is -0.606. The Hall–Kier alpha value is -1.42. The molecule has 2 aromatic rings. The lowest BCUT2D eigenvalue weighted by Crippen LogP contribution is -1.91. The maximum absolute atomic E-state index is 13.7. The first-order chi connectivity index (χ1) is 8.11. The van der Waals surface area contributed by atoms with Crippen LogP contribution in [0.5, 0.6) is 5.75 Å². The van der Waals surface area contributed by atoms with E-state index in [2.05, 4.69) is 15.9 Å². The number of halogens is 3. The molecule has 0 saturated carbocycles. The van der Waals surface area contributed by atoms with Crippen molar-refractivity contribution < 1.29 is 13.5 Å². The maximum atomic E-state index is 13.7. The third-order valence-electron chi connectivity index (χ3n) is 2.37. The highest BCUT2D eigenvalue weighted by molar-refractivity contribution is 9.10. The first-order valence-electron chi connectivity index (χ1n) is 4.91. The summed E-state index contributed by atoms with van der Waals surface area (Å²) in [5.41, 5.74) is 0.402. The molecule has 88 valence electrons. The van der Waals surface area contributed by atoms with Crippen LogP contribution in [0.4, 0.5) is 8.78 Å². The predicted octanol–water partition coefficient (Wildman–Crippen LogP) is 4.40. The summed E-state index contributed by atoms with van der Waals surface area (Å²) >= 11 is 3.04. The summed E-state index contributed by atoms with van der Waals surface area (Å²) in [6.45, 7) is 0. The van der Waals surface area contributed by atoms with E-state index in [1.165, 1.54) is 19.2 Å². The van der Waals surface area contributed by atoms with E-state index in [0.717, 1.165) is 0 Å². The average Bonchev–Trinajstić information content (AvgIpc) is 2.28.